The molecule has 0 atom stereocenters. The Morgan fingerprint density at radius 2 is 1.91 bits per heavy atom. The summed E-state index contributed by atoms with van der Waals surface area (Å²) in [5.41, 5.74) is 2.77. The molecule has 0 saturated carbocycles. The summed E-state index contributed by atoms with van der Waals surface area (Å²) >= 11 is 1.39. The van der Waals surface area contributed by atoms with Crippen molar-refractivity contribution in [3.63, 3.8) is 0 Å². The van der Waals surface area contributed by atoms with E-state index in [1.54, 1.807) is 19.1 Å². The van der Waals surface area contributed by atoms with Crippen LogP contribution in [0.2, 0.25) is 0 Å². The minimum absolute atomic E-state index is 0.0508. The molecule has 2 fully saturated rings. The zero-order chi connectivity index (χ0) is 23.0. The van der Waals surface area contributed by atoms with Crippen LogP contribution in [-0.2, 0) is 14.3 Å². The third-order valence-corrected chi connectivity index (χ3v) is 6.49. The van der Waals surface area contributed by atoms with Crippen molar-refractivity contribution in [1.29, 1.82) is 0 Å². The van der Waals surface area contributed by atoms with Crippen molar-refractivity contribution in [2.24, 2.45) is 4.99 Å². The summed E-state index contributed by atoms with van der Waals surface area (Å²) in [6.45, 7) is 4.30. The number of hydrogen-bond donors (Lipinski definition) is 0. The van der Waals surface area contributed by atoms with Gasteiger partial charge in [0.1, 0.15) is 5.75 Å². The topological polar surface area (TPSA) is 63.6 Å². The Balaban J connectivity index is 1.61. The molecule has 0 N–H and O–H groups in total. The minimum atomic E-state index is -0.0508. The number of para-hydroxylation sites is 1. The van der Waals surface area contributed by atoms with Crippen molar-refractivity contribution in [2.45, 2.75) is 6.42 Å². The standard InChI is InChI=1S/C25H29N3O4S/c1-30-14-6-11-28-24(29)23(33-25(28)26-20-7-4-3-5-8-20)17-19-9-10-21(18-22(19)31-2)27-12-15-32-16-13-27/h3-5,7-10,17-18H,6,11-16H2,1-2H3/b23-17-,26-25?. The van der Waals surface area contributed by atoms with Crippen molar-refractivity contribution in [3.8, 4) is 5.75 Å². The van der Waals surface area contributed by atoms with Gasteiger partial charge in [-0.2, -0.15) is 0 Å². The van der Waals surface area contributed by atoms with E-state index in [2.05, 4.69) is 11.0 Å². The van der Waals surface area contributed by atoms with Gasteiger partial charge >= 0.3 is 0 Å². The predicted molar refractivity (Wildman–Crippen MR) is 133 cm³/mol. The van der Waals surface area contributed by atoms with E-state index in [9.17, 15) is 4.79 Å². The Morgan fingerprint density at radius 1 is 1.12 bits per heavy atom. The van der Waals surface area contributed by atoms with E-state index in [4.69, 9.17) is 19.2 Å². The molecule has 0 aliphatic carbocycles. The van der Waals surface area contributed by atoms with Gasteiger partial charge in [0.15, 0.2) is 5.17 Å². The van der Waals surface area contributed by atoms with Crippen LogP contribution >= 0.6 is 11.8 Å². The van der Waals surface area contributed by atoms with Gasteiger partial charge in [0.25, 0.3) is 5.91 Å². The van der Waals surface area contributed by atoms with E-state index in [1.807, 2.05) is 48.5 Å². The van der Waals surface area contributed by atoms with E-state index in [1.165, 1.54) is 11.8 Å². The van der Waals surface area contributed by atoms with E-state index < -0.39 is 0 Å². The molecule has 1 amide bonds. The molecular formula is C25H29N3O4S. The molecule has 0 radical (unpaired) electrons. The highest BCUT2D eigenvalue weighted by Gasteiger charge is 2.33. The van der Waals surface area contributed by atoms with Gasteiger partial charge in [-0.15, -0.1) is 0 Å². The van der Waals surface area contributed by atoms with Crippen molar-refractivity contribution in [3.05, 3.63) is 59.0 Å². The fourth-order valence-corrected chi connectivity index (χ4v) is 4.76. The Kier molecular flexibility index (Phi) is 8.04. The van der Waals surface area contributed by atoms with Gasteiger partial charge in [0.05, 0.1) is 30.9 Å². The lowest BCUT2D eigenvalue weighted by Gasteiger charge is -2.29. The predicted octanol–water partition coefficient (Wildman–Crippen LogP) is 4.17. The number of aliphatic imine (C=N–C) groups is 1. The van der Waals surface area contributed by atoms with Crippen molar-refractivity contribution < 1.29 is 19.0 Å². The number of thioether (sulfide) groups is 1. The molecule has 174 valence electrons. The van der Waals surface area contributed by atoms with Crippen LogP contribution in [0.3, 0.4) is 0 Å². The highest BCUT2D eigenvalue weighted by molar-refractivity contribution is 8.18. The normalized spacial score (nSPS) is 19.0. The second-order valence-corrected chi connectivity index (χ2v) is 8.68. The van der Waals surface area contributed by atoms with Crippen LogP contribution in [0.5, 0.6) is 5.75 Å². The van der Waals surface area contributed by atoms with Crippen LogP contribution in [0.4, 0.5) is 11.4 Å². The van der Waals surface area contributed by atoms with Gasteiger partial charge in [-0.05, 0) is 48.5 Å². The number of nitrogens with zero attached hydrogens (tertiary/aromatic N) is 3. The summed E-state index contributed by atoms with van der Waals surface area (Å²) < 4.78 is 16.3. The molecule has 2 heterocycles. The first-order valence-electron chi connectivity index (χ1n) is 11.0. The fourth-order valence-electron chi connectivity index (χ4n) is 3.75. The summed E-state index contributed by atoms with van der Waals surface area (Å²) in [7, 11) is 3.32. The second-order valence-electron chi connectivity index (χ2n) is 7.67. The van der Waals surface area contributed by atoms with Crippen LogP contribution in [0.25, 0.3) is 6.08 Å². The smallest absolute Gasteiger partial charge is 0.266 e. The summed E-state index contributed by atoms with van der Waals surface area (Å²) in [6.07, 6.45) is 2.63. The van der Waals surface area contributed by atoms with E-state index >= 15 is 0 Å². The number of rotatable bonds is 8. The molecule has 8 heteroatoms. The zero-order valence-electron chi connectivity index (χ0n) is 19.0. The molecule has 2 aromatic carbocycles. The van der Waals surface area contributed by atoms with Crippen LogP contribution in [0.15, 0.2) is 58.4 Å². The molecule has 4 rings (SSSR count). The maximum absolute atomic E-state index is 13.3. The Labute approximate surface area is 199 Å². The minimum Gasteiger partial charge on any atom is -0.496 e. The first-order valence-corrected chi connectivity index (χ1v) is 11.9. The van der Waals surface area contributed by atoms with Gasteiger partial charge in [-0.3, -0.25) is 9.69 Å². The average Bonchev–Trinajstić information content (AvgIpc) is 3.14. The van der Waals surface area contributed by atoms with Crippen LogP contribution < -0.4 is 9.64 Å². The van der Waals surface area contributed by atoms with Crippen LogP contribution in [0.1, 0.15) is 12.0 Å². The first kappa shape index (κ1) is 23.4. The van der Waals surface area contributed by atoms with Gasteiger partial charge < -0.3 is 19.1 Å². The summed E-state index contributed by atoms with van der Waals surface area (Å²) in [5, 5.41) is 0.678. The molecule has 2 saturated heterocycles. The summed E-state index contributed by atoms with van der Waals surface area (Å²) in [6, 6.07) is 15.8. The summed E-state index contributed by atoms with van der Waals surface area (Å²) in [4.78, 5) is 22.6. The molecule has 0 bridgehead atoms. The highest BCUT2D eigenvalue weighted by Crippen LogP contribution is 2.36. The number of benzene rings is 2. The number of morpholine rings is 1. The quantitative estimate of drug-likeness (QED) is 0.429. The lowest BCUT2D eigenvalue weighted by Crippen LogP contribution is -2.36. The molecule has 0 aromatic heterocycles. The molecule has 0 spiro atoms. The maximum Gasteiger partial charge on any atom is 0.266 e. The number of anilines is 1. The zero-order valence-corrected chi connectivity index (χ0v) is 19.8. The number of carbonyl (C=O) groups excluding carboxylic acids is 1. The van der Waals surface area contributed by atoms with Gasteiger partial charge in [0.2, 0.25) is 0 Å². The maximum atomic E-state index is 13.3. The van der Waals surface area contributed by atoms with Gasteiger partial charge in [0, 0.05) is 50.7 Å². The van der Waals surface area contributed by atoms with E-state index in [0.717, 1.165) is 55.4 Å². The largest absolute Gasteiger partial charge is 0.496 e. The number of carbonyl (C=O) groups is 1. The molecule has 2 aliphatic rings. The fraction of sp³-hybridized carbons (Fsp3) is 0.360. The van der Waals surface area contributed by atoms with Crippen LogP contribution in [0, 0.1) is 0 Å². The number of amidine groups is 1. The third kappa shape index (κ3) is 5.76. The monoisotopic (exact) mass is 467 g/mol. The Bertz CT molecular complexity index is 1020. The number of methoxy groups -OCH3 is 2. The van der Waals surface area contributed by atoms with E-state index in [-0.39, 0.29) is 5.91 Å². The lowest BCUT2D eigenvalue weighted by molar-refractivity contribution is -0.122. The van der Waals surface area contributed by atoms with E-state index in [0.29, 0.717) is 23.2 Å². The van der Waals surface area contributed by atoms with Crippen molar-refractivity contribution in [2.75, 3.05) is 58.6 Å². The first-order chi connectivity index (χ1) is 16.2. The molecular weight excluding hydrogens is 438 g/mol. The summed E-state index contributed by atoms with van der Waals surface area (Å²) in [5.74, 6) is 0.685. The van der Waals surface area contributed by atoms with Gasteiger partial charge in [-0.1, -0.05) is 18.2 Å². The highest BCUT2D eigenvalue weighted by atomic mass is 32.2. The SMILES string of the molecule is COCCCN1C(=O)/C(=C/c2ccc(N3CCOCC3)cc2OC)SC1=Nc1ccccc1. The van der Waals surface area contributed by atoms with Crippen molar-refractivity contribution >= 4 is 40.3 Å². The van der Waals surface area contributed by atoms with Crippen molar-refractivity contribution in [1.82, 2.24) is 4.90 Å². The lowest BCUT2D eigenvalue weighted by atomic mass is 10.1. The Morgan fingerprint density at radius 3 is 2.64 bits per heavy atom. The molecule has 2 aliphatic heterocycles. The second kappa shape index (κ2) is 11.4. The number of amides is 1. The van der Waals surface area contributed by atoms with Gasteiger partial charge in [-0.25, -0.2) is 4.99 Å². The number of hydrogen-bond acceptors (Lipinski definition) is 7. The third-order valence-electron chi connectivity index (χ3n) is 5.48. The molecule has 33 heavy (non-hydrogen) atoms. The molecule has 0 unspecified atom stereocenters. The van der Waals surface area contributed by atoms with Crippen LogP contribution in [-0.4, -0.2) is 69.6 Å². The average molecular weight is 468 g/mol. The number of ether oxygens (including phenoxy) is 3. The molecule has 2 aromatic rings. The molecule has 7 nitrogen and oxygen atoms in total. The Hall–Kier alpha value is -2.81.